The largest absolute Gasteiger partial charge is 0.481 e. The van der Waals surface area contributed by atoms with Gasteiger partial charge in [-0.1, -0.05) is 28.9 Å². The SMILES string of the molecule is CC1(C(=O)O)CCCN(C(=O)c2cc(-c3ccccc3Cl)on2)C1. The molecule has 1 atom stereocenters. The third-order valence-corrected chi connectivity index (χ3v) is 4.70. The molecule has 0 saturated carbocycles. The van der Waals surface area contributed by atoms with Crippen molar-refractivity contribution < 1.29 is 19.2 Å². The molecule has 6 nitrogen and oxygen atoms in total. The molecule has 7 heteroatoms. The van der Waals surface area contributed by atoms with E-state index in [0.29, 0.717) is 35.7 Å². The number of carbonyl (C=O) groups excluding carboxylic acids is 1. The van der Waals surface area contributed by atoms with Gasteiger partial charge >= 0.3 is 5.97 Å². The number of halogens is 1. The summed E-state index contributed by atoms with van der Waals surface area (Å²) in [6.07, 6.45) is 1.19. The van der Waals surface area contributed by atoms with Crippen molar-refractivity contribution in [2.45, 2.75) is 19.8 Å². The number of aromatic nitrogens is 1. The van der Waals surface area contributed by atoms with Crippen molar-refractivity contribution in [3.63, 3.8) is 0 Å². The zero-order valence-electron chi connectivity index (χ0n) is 13.2. The Labute approximate surface area is 144 Å². The van der Waals surface area contributed by atoms with Gasteiger partial charge in [-0.3, -0.25) is 9.59 Å². The molecule has 0 radical (unpaired) electrons. The lowest BCUT2D eigenvalue weighted by Gasteiger charge is -2.37. The third-order valence-electron chi connectivity index (χ3n) is 4.37. The molecule has 1 saturated heterocycles. The topological polar surface area (TPSA) is 83.6 Å². The molecule has 1 aromatic heterocycles. The Bertz CT molecular complexity index is 788. The minimum atomic E-state index is -0.927. The molecule has 24 heavy (non-hydrogen) atoms. The van der Waals surface area contributed by atoms with Crippen molar-refractivity contribution in [3.05, 3.63) is 41.0 Å². The highest BCUT2D eigenvalue weighted by molar-refractivity contribution is 6.33. The zero-order valence-corrected chi connectivity index (χ0v) is 13.9. The van der Waals surface area contributed by atoms with E-state index in [0.717, 1.165) is 0 Å². The van der Waals surface area contributed by atoms with Gasteiger partial charge in [-0.25, -0.2) is 0 Å². The van der Waals surface area contributed by atoms with E-state index in [1.807, 2.05) is 6.07 Å². The summed E-state index contributed by atoms with van der Waals surface area (Å²) in [6.45, 7) is 2.33. The predicted molar refractivity (Wildman–Crippen MR) is 87.8 cm³/mol. The van der Waals surface area contributed by atoms with Crippen LogP contribution in [-0.4, -0.2) is 40.1 Å². The van der Waals surface area contributed by atoms with Crippen molar-refractivity contribution in [1.29, 1.82) is 0 Å². The number of hydrogen-bond acceptors (Lipinski definition) is 4. The first-order chi connectivity index (χ1) is 11.4. The summed E-state index contributed by atoms with van der Waals surface area (Å²) < 4.78 is 5.24. The van der Waals surface area contributed by atoms with E-state index in [2.05, 4.69) is 5.16 Å². The molecule has 1 aliphatic heterocycles. The molecular weight excluding hydrogens is 332 g/mol. The van der Waals surface area contributed by atoms with Gasteiger partial charge < -0.3 is 14.5 Å². The Hall–Kier alpha value is -2.34. The zero-order chi connectivity index (χ0) is 17.3. The molecule has 1 N–H and O–H groups in total. The van der Waals surface area contributed by atoms with Crippen molar-refractivity contribution >= 4 is 23.5 Å². The average molecular weight is 349 g/mol. The molecule has 1 unspecified atom stereocenters. The molecule has 0 bridgehead atoms. The lowest BCUT2D eigenvalue weighted by atomic mass is 9.82. The van der Waals surface area contributed by atoms with Gasteiger partial charge in [-0.2, -0.15) is 0 Å². The fraction of sp³-hybridized carbons (Fsp3) is 0.353. The molecular formula is C17H17ClN2O4. The van der Waals surface area contributed by atoms with E-state index in [1.165, 1.54) is 11.0 Å². The lowest BCUT2D eigenvalue weighted by molar-refractivity contribution is -0.150. The second kappa shape index (κ2) is 6.28. The number of carbonyl (C=O) groups is 2. The van der Waals surface area contributed by atoms with Gasteiger partial charge in [0.05, 0.1) is 10.4 Å². The van der Waals surface area contributed by atoms with Crippen LogP contribution >= 0.6 is 11.6 Å². The highest BCUT2D eigenvalue weighted by atomic mass is 35.5. The van der Waals surface area contributed by atoms with E-state index in [-0.39, 0.29) is 18.1 Å². The summed E-state index contributed by atoms with van der Waals surface area (Å²) >= 11 is 6.12. The summed E-state index contributed by atoms with van der Waals surface area (Å²) in [5.74, 6) is -0.817. The number of rotatable bonds is 3. The number of likely N-dealkylation sites (tertiary alicyclic amines) is 1. The number of carboxylic acids is 1. The maximum atomic E-state index is 12.6. The second-order valence-electron chi connectivity index (χ2n) is 6.25. The van der Waals surface area contributed by atoms with E-state index < -0.39 is 11.4 Å². The summed E-state index contributed by atoms with van der Waals surface area (Å²) in [4.78, 5) is 25.6. The molecule has 1 fully saturated rings. The first kappa shape index (κ1) is 16.5. The van der Waals surface area contributed by atoms with E-state index in [1.54, 1.807) is 25.1 Å². The summed E-state index contributed by atoms with van der Waals surface area (Å²) in [5.41, 5.74) is -0.122. The minimum absolute atomic E-state index is 0.152. The first-order valence-corrected chi connectivity index (χ1v) is 8.03. The van der Waals surface area contributed by atoms with Gasteiger partial charge in [-0.15, -0.1) is 0 Å². The van der Waals surface area contributed by atoms with Gasteiger partial charge in [0, 0.05) is 24.7 Å². The van der Waals surface area contributed by atoms with E-state index in [9.17, 15) is 14.7 Å². The molecule has 126 valence electrons. The van der Waals surface area contributed by atoms with Crippen molar-refractivity contribution in [2.75, 3.05) is 13.1 Å². The molecule has 3 rings (SSSR count). The van der Waals surface area contributed by atoms with Gasteiger partial charge in [0.1, 0.15) is 0 Å². The minimum Gasteiger partial charge on any atom is -0.481 e. The molecule has 0 aliphatic carbocycles. The molecule has 1 aliphatic rings. The number of nitrogens with zero attached hydrogens (tertiary/aromatic N) is 2. The summed E-state index contributed by atoms with van der Waals surface area (Å²) in [7, 11) is 0. The fourth-order valence-corrected chi connectivity index (χ4v) is 3.14. The Balaban J connectivity index is 1.81. The van der Waals surface area contributed by atoms with E-state index in [4.69, 9.17) is 16.1 Å². The standard InChI is InChI=1S/C17H17ClN2O4/c1-17(16(22)23)7-4-8-20(10-17)15(21)13-9-14(24-19-13)11-5-2-3-6-12(11)18/h2-3,5-6,9H,4,7-8,10H2,1H3,(H,22,23). The number of hydrogen-bond donors (Lipinski definition) is 1. The van der Waals surface area contributed by atoms with Crippen LogP contribution in [0.2, 0.25) is 5.02 Å². The van der Waals surface area contributed by atoms with Crippen molar-refractivity contribution in [2.24, 2.45) is 5.41 Å². The smallest absolute Gasteiger partial charge is 0.311 e. The van der Waals surface area contributed by atoms with Crippen LogP contribution < -0.4 is 0 Å². The van der Waals surface area contributed by atoms with Crippen molar-refractivity contribution in [1.82, 2.24) is 10.1 Å². The van der Waals surface area contributed by atoms with Crippen LogP contribution in [0.3, 0.4) is 0 Å². The Morgan fingerprint density at radius 3 is 2.83 bits per heavy atom. The van der Waals surface area contributed by atoms with Crippen LogP contribution in [0.5, 0.6) is 0 Å². The molecule has 1 aromatic carbocycles. The van der Waals surface area contributed by atoms with Crippen LogP contribution in [0.25, 0.3) is 11.3 Å². The Morgan fingerprint density at radius 2 is 2.12 bits per heavy atom. The maximum Gasteiger partial charge on any atom is 0.311 e. The van der Waals surface area contributed by atoms with Crippen LogP contribution in [0.1, 0.15) is 30.3 Å². The normalized spacial score (nSPS) is 20.8. The van der Waals surface area contributed by atoms with Crippen LogP contribution in [0.4, 0.5) is 0 Å². The number of carboxylic acid groups (broad SMARTS) is 1. The highest BCUT2D eigenvalue weighted by Gasteiger charge is 2.40. The quantitative estimate of drug-likeness (QED) is 0.919. The Kier molecular flexibility index (Phi) is 4.32. The van der Waals surface area contributed by atoms with Crippen LogP contribution in [-0.2, 0) is 4.79 Å². The number of aliphatic carboxylic acids is 1. The number of benzene rings is 1. The number of amides is 1. The third kappa shape index (κ3) is 3.01. The molecule has 0 spiro atoms. The lowest BCUT2D eigenvalue weighted by Crippen LogP contribution is -2.48. The Morgan fingerprint density at radius 1 is 1.38 bits per heavy atom. The fourth-order valence-electron chi connectivity index (χ4n) is 2.91. The first-order valence-electron chi connectivity index (χ1n) is 7.65. The second-order valence-corrected chi connectivity index (χ2v) is 6.66. The van der Waals surface area contributed by atoms with Gasteiger partial charge in [-0.05, 0) is 31.9 Å². The maximum absolute atomic E-state index is 12.6. The van der Waals surface area contributed by atoms with Gasteiger partial charge in [0.25, 0.3) is 5.91 Å². The monoisotopic (exact) mass is 348 g/mol. The van der Waals surface area contributed by atoms with Gasteiger partial charge in [0.15, 0.2) is 11.5 Å². The van der Waals surface area contributed by atoms with E-state index >= 15 is 0 Å². The molecule has 1 amide bonds. The highest BCUT2D eigenvalue weighted by Crippen LogP contribution is 2.32. The number of piperidine rings is 1. The predicted octanol–water partition coefficient (Wildman–Crippen LogP) is 3.32. The average Bonchev–Trinajstić information content (AvgIpc) is 3.04. The van der Waals surface area contributed by atoms with Gasteiger partial charge in [0.2, 0.25) is 0 Å². The summed E-state index contributed by atoms with van der Waals surface area (Å²) in [6, 6.07) is 8.66. The van der Waals surface area contributed by atoms with Crippen LogP contribution in [0, 0.1) is 5.41 Å². The molecule has 2 aromatic rings. The van der Waals surface area contributed by atoms with Crippen LogP contribution in [0.15, 0.2) is 34.9 Å². The summed E-state index contributed by atoms with van der Waals surface area (Å²) in [5, 5.41) is 13.7. The molecule has 2 heterocycles. The van der Waals surface area contributed by atoms with Crippen molar-refractivity contribution in [3.8, 4) is 11.3 Å².